The fourth-order valence-corrected chi connectivity index (χ4v) is 1.43. The lowest BCUT2D eigenvalue weighted by atomic mass is 10.2. The third kappa shape index (κ3) is 3.92. The molecular weight excluding hydrogens is 258 g/mol. The van der Waals surface area contributed by atoms with Crippen molar-refractivity contribution in [3.05, 3.63) is 29.8 Å². The number of hydrogen-bond donors (Lipinski definition) is 1. The smallest absolute Gasteiger partial charge is 0.325 e. The van der Waals surface area contributed by atoms with Crippen LogP contribution in [-0.2, 0) is 9.53 Å². The average Bonchev–Trinajstić information content (AvgIpc) is 2.43. The summed E-state index contributed by atoms with van der Waals surface area (Å²) in [7, 11) is 2.75. The van der Waals surface area contributed by atoms with Gasteiger partial charge in [-0.05, 0) is 18.2 Å². The molecule has 0 saturated heterocycles. The van der Waals surface area contributed by atoms with Crippen LogP contribution in [0.15, 0.2) is 24.3 Å². The third-order valence-corrected chi connectivity index (χ3v) is 2.56. The van der Waals surface area contributed by atoms with E-state index in [2.05, 4.69) is 10.1 Å². The molecule has 0 bridgehead atoms. The summed E-state index contributed by atoms with van der Waals surface area (Å²) in [4.78, 5) is 22.8. The van der Waals surface area contributed by atoms with Crippen LogP contribution in [0.25, 0.3) is 0 Å². The molecule has 0 aliphatic heterocycles. The highest BCUT2D eigenvalue weighted by atomic mass is 35.5. The Kier molecular flexibility index (Phi) is 5.45. The molecule has 0 aromatic heterocycles. The Morgan fingerprint density at radius 3 is 2.72 bits per heavy atom. The Hall–Kier alpha value is -1.75. The molecule has 0 fully saturated rings. The van der Waals surface area contributed by atoms with Crippen LogP contribution in [-0.4, -0.2) is 38.0 Å². The van der Waals surface area contributed by atoms with Crippen LogP contribution in [0.3, 0.4) is 0 Å². The van der Waals surface area contributed by atoms with Crippen LogP contribution in [0.2, 0.25) is 0 Å². The van der Waals surface area contributed by atoms with Gasteiger partial charge in [0.1, 0.15) is 11.1 Å². The van der Waals surface area contributed by atoms with Gasteiger partial charge in [-0.1, -0.05) is 6.07 Å². The minimum absolute atomic E-state index is 0.00424. The van der Waals surface area contributed by atoms with Gasteiger partial charge in [-0.3, -0.25) is 9.59 Å². The van der Waals surface area contributed by atoms with E-state index in [0.29, 0.717) is 11.3 Å². The summed E-state index contributed by atoms with van der Waals surface area (Å²) in [6, 6.07) is 6.66. The SMILES string of the molecule is COC(=O)C(Cl)CNC(=O)c1cccc(OC)c1. The predicted molar refractivity (Wildman–Crippen MR) is 67.0 cm³/mol. The highest BCUT2D eigenvalue weighted by Gasteiger charge is 2.17. The molecule has 0 spiro atoms. The monoisotopic (exact) mass is 271 g/mol. The Balaban J connectivity index is 2.57. The van der Waals surface area contributed by atoms with Crippen LogP contribution in [0, 0.1) is 0 Å². The van der Waals surface area contributed by atoms with Crippen molar-refractivity contribution in [1.29, 1.82) is 0 Å². The molecule has 0 aliphatic rings. The maximum Gasteiger partial charge on any atom is 0.325 e. The highest BCUT2D eigenvalue weighted by Crippen LogP contribution is 2.12. The zero-order valence-electron chi connectivity index (χ0n) is 10.1. The molecule has 0 heterocycles. The predicted octanol–water partition coefficient (Wildman–Crippen LogP) is 1.21. The number of nitrogens with one attached hydrogen (secondary N) is 1. The fourth-order valence-electron chi connectivity index (χ4n) is 1.26. The molecule has 1 aromatic carbocycles. The normalized spacial score (nSPS) is 11.5. The van der Waals surface area contributed by atoms with E-state index in [0.717, 1.165) is 0 Å². The molecule has 5 nitrogen and oxygen atoms in total. The standard InChI is InChI=1S/C12H14ClNO4/c1-17-9-5-3-4-8(6-9)11(15)14-7-10(13)12(16)18-2/h3-6,10H,7H2,1-2H3,(H,14,15). The van der Waals surface area contributed by atoms with Crippen molar-refractivity contribution in [2.75, 3.05) is 20.8 Å². The lowest BCUT2D eigenvalue weighted by Gasteiger charge is -2.09. The Labute approximate surface area is 110 Å². The second-order valence-corrected chi connectivity index (χ2v) is 3.96. The summed E-state index contributed by atoms with van der Waals surface area (Å²) >= 11 is 5.71. The molecule has 0 aliphatic carbocycles. The van der Waals surface area contributed by atoms with Gasteiger partial charge < -0.3 is 14.8 Å². The van der Waals surface area contributed by atoms with Gasteiger partial charge in [0.15, 0.2) is 0 Å². The molecule has 0 radical (unpaired) electrons. The fraction of sp³-hybridized carbons (Fsp3) is 0.333. The summed E-state index contributed by atoms with van der Waals surface area (Å²) in [5.41, 5.74) is 0.433. The van der Waals surface area contributed by atoms with E-state index in [1.54, 1.807) is 24.3 Å². The van der Waals surface area contributed by atoms with Crippen molar-refractivity contribution in [2.24, 2.45) is 0 Å². The number of esters is 1. The van der Waals surface area contributed by atoms with Crippen molar-refractivity contribution < 1.29 is 19.1 Å². The Bertz CT molecular complexity index is 436. The van der Waals surface area contributed by atoms with E-state index in [9.17, 15) is 9.59 Å². The number of methoxy groups -OCH3 is 2. The van der Waals surface area contributed by atoms with E-state index in [4.69, 9.17) is 16.3 Å². The van der Waals surface area contributed by atoms with Crippen LogP contribution in [0.1, 0.15) is 10.4 Å². The molecule has 0 saturated carbocycles. The number of rotatable bonds is 5. The van der Waals surface area contributed by atoms with Crippen molar-refractivity contribution in [2.45, 2.75) is 5.38 Å². The first-order valence-corrected chi connectivity index (χ1v) is 5.66. The number of hydrogen-bond acceptors (Lipinski definition) is 4. The average molecular weight is 272 g/mol. The maximum atomic E-state index is 11.8. The zero-order chi connectivity index (χ0) is 13.5. The maximum absolute atomic E-state index is 11.8. The topological polar surface area (TPSA) is 64.6 Å². The second-order valence-electron chi connectivity index (χ2n) is 3.43. The molecule has 1 unspecified atom stereocenters. The van der Waals surface area contributed by atoms with E-state index in [-0.39, 0.29) is 12.5 Å². The minimum atomic E-state index is -0.899. The van der Waals surface area contributed by atoms with Crippen molar-refractivity contribution in [3.8, 4) is 5.75 Å². The van der Waals surface area contributed by atoms with E-state index >= 15 is 0 Å². The summed E-state index contributed by atoms with van der Waals surface area (Å²) in [6.07, 6.45) is 0. The summed E-state index contributed by atoms with van der Waals surface area (Å²) in [5, 5.41) is 1.64. The molecule has 1 aromatic rings. The Morgan fingerprint density at radius 2 is 2.11 bits per heavy atom. The van der Waals surface area contributed by atoms with Gasteiger partial charge >= 0.3 is 5.97 Å². The van der Waals surface area contributed by atoms with E-state index in [1.807, 2.05) is 0 Å². The first kappa shape index (κ1) is 14.3. The zero-order valence-corrected chi connectivity index (χ0v) is 10.9. The lowest BCUT2D eigenvalue weighted by molar-refractivity contribution is -0.140. The van der Waals surface area contributed by atoms with Crippen molar-refractivity contribution in [3.63, 3.8) is 0 Å². The molecular formula is C12H14ClNO4. The van der Waals surface area contributed by atoms with Crippen LogP contribution in [0.5, 0.6) is 5.75 Å². The van der Waals surface area contributed by atoms with Gasteiger partial charge in [0, 0.05) is 12.1 Å². The van der Waals surface area contributed by atoms with Crippen molar-refractivity contribution in [1.82, 2.24) is 5.32 Å². The van der Waals surface area contributed by atoms with Gasteiger partial charge in [-0.2, -0.15) is 0 Å². The molecule has 1 atom stereocenters. The quantitative estimate of drug-likeness (QED) is 0.646. The van der Waals surface area contributed by atoms with E-state index in [1.165, 1.54) is 14.2 Å². The van der Waals surface area contributed by atoms with Gasteiger partial charge in [0.25, 0.3) is 5.91 Å². The molecule has 1 amide bonds. The molecule has 1 rings (SSSR count). The number of carbonyl (C=O) groups excluding carboxylic acids is 2. The number of carbonyl (C=O) groups is 2. The van der Waals surface area contributed by atoms with Crippen LogP contribution >= 0.6 is 11.6 Å². The van der Waals surface area contributed by atoms with Crippen LogP contribution in [0.4, 0.5) is 0 Å². The van der Waals surface area contributed by atoms with Crippen LogP contribution < -0.4 is 10.1 Å². The van der Waals surface area contributed by atoms with Gasteiger partial charge in [-0.25, -0.2) is 0 Å². The number of ether oxygens (including phenoxy) is 2. The molecule has 18 heavy (non-hydrogen) atoms. The molecule has 1 N–H and O–H groups in total. The third-order valence-electron chi connectivity index (χ3n) is 2.23. The minimum Gasteiger partial charge on any atom is -0.497 e. The van der Waals surface area contributed by atoms with Gasteiger partial charge in [0.2, 0.25) is 0 Å². The first-order chi connectivity index (χ1) is 8.58. The van der Waals surface area contributed by atoms with Gasteiger partial charge in [-0.15, -0.1) is 11.6 Å². The number of alkyl halides is 1. The summed E-state index contributed by atoms with van der Waals surface area (Å²) < 4.78 is 9.45. The van der Waals surface area contributed by atoms with Gasteiger partial charge in [0.05, 0.1) is 14.2 Å². The molecule has 6 heteroatoms. The lowest BCUT2D eigenvalue weighted by Crippen LogP contribution is -2.34. The Morgan fingerprint density at radius 1 is 1.39 bits per heavy atom. The number of amides is 1. The summed E-state index contributed by atoms with van der Waals surface area (Å²) in [5.74, 6) is -0.330. The van der Waals surface area contributed by atoms with Crippen molar-refractivity contribution >= 4 is 23.5 Å². The number of benzene rings is 1. The second kappa shape index (κ2) is 6.86. The summed E-state index contributed by atoms with van der Waals surface area (Å²) in [6.45, 7) is 0.00424. The number of halogens is 1. The highest BCUT2D eigenvalue weighted by molar-refractivity contribution is 6.30. The van der Waals surface area contributed by atoms with E-state index < -0.39 is 11.3 Å². The largest absolute Gasteiger partial charge is 0.497 e. The first-order valence-electron chi connectivity index (χ1n) is 5.22. The molecule has 98 valence electrons.